The summed E-state index contributed by atoms with van der Waals surface area (Å²) in [5.74, 6) is 0. The average molecular weight is 208 g/mol. The van der Waals surface area contributed by atoms with E-state index in [1.807, 2.05) is 32.0 Å². The Morgan fingerprint density at radius 3 is 1.42 bits per heavy atom. The molecule has 0 radical (unpaired) electrons. The second-order valence-electron chi connectivity index (χ2n) is 1.65. The van der Waals surface area contributed by atoms with E-state index in [0.717, 1.165) is 0 Å². The van der Waals surface area contributed by atoms with Gasteiger partial charge in [0.15, 0.2) is 0 Å². The average Bonchev–Trinajstić information content (AvgIpc) is 2.13. The minimum atomic E-state index is 0. The summed E-state index contributed by atoms with van der Waals surface area (Å²) in [7, 11) is 0. The van der Waals surface area contributed by atoms with Crippen molar-refractivity contribution in [2.24, 2.45) is 0 Å². The smallest absolute Gasteiger partial charge is 0.796 e. The van der Waals surface area contributed by atoms with Crippen LogP contribution < -0.4 is 51.4 Å². The van der Waals surface area contributed by atoms with Crippen LogP contribution in [0.3, 0.4) is 0 Å². The molecule has 0 nitrogen and oxygen atoms in total. The van der Waals surface area contributed by atoms with E-state index in [1.165, 1.54) is 5.56 Å². The second-order valence-corrected chi connectivity index (χ2v) is 1.65. The zero-order valence-corrected chi connectivity index (χ0v) is 12.7. The first-order valence-corrected chi connectivity index (χ1v) is 4.64. The van der Waals surface area contributed by atoms with E-state index in [-0.39, 0.29) is 51.4 Å². The van der Waals surface area contributed by atoms with Crippen molar-refractivity contribution in [3.63, 3.8) is 0 Å². The van der Waals surface area contributed by atoms with E-state index in [0.29, 0.717) is 0 Å². The molecule has 0 spiro atoms. The maximum absolute atomic E-state index is 4.08. The Hall–Kier alpha value is 1.21. The molecular weight excluding hydrogens is 191 g/mol. The topological polar surface area (TPSA) is 0 Å². The number of aryl methyl sites for hydroxylation is 1. The van der Waals surface area contributed by atoms with Crippen LogP contribution in [0.1, 0.15) is 19.4 Å². The molecule has 0 atom stereocenters. The van der Waals surface area contributed by atoms with Crippen molar-refractivity contribution in [3.8, 4) is 0 Å². The van der Waals surface area contributed by atoms with Crippen molar-refractivity contribution in [2.45, 2.75) is 20.8 Å². The number of hydrogen-bond acceptors (Lipinski definition) is 1. The van der Waals surface area contributed by atoms with E-state index < -0.39 is 0 Å². The second kappa shape index (κ2) is 18.1. The zero-order valence-electron chi connectivity index (χ0n) is 8.79. The summed E-state index contributed by atoms with van der Waals surface area (Å²) in [4.78, 5) is 0. The van der Waals surface area contributed by atoms with Crippen molar-refractivity contribution in [2.75, 3.05) is 6.26 Å². The van der Waals surface area contributed by atoms with Crippen molar-refractivity contribution < 1.29 is 51.4 Å². The van der Waals surface area contributed by atoms with Crippen molar-refractivity contribution in [1.29, 1.82) is 0 Å². The molecule has 1 rings (SSSR count). The van der Waals surface area contributed by atoms with Crippen molar-refractivity contribution in [1.82, 2.24) is 0 Å². The van der Waals surface area contributed by atoms with Gasteiger partial charge in [-0.1, -0.05) is 49.7 Å². The molecule has 0 saturated heterocycles. The van der Waals surface area contributed by atoms with Crippen LogP contribution in [0.2, 0.25) is 0 Å². The normalized spacial score (nSPS) is 6.08. The first-order valence-electron chi connectivity index (χ1n) is 3.82. The van der Waals surface area contributed by atoms with Crippen LogP contribution in [-0.4, -0.2) is 6.26 Å². The Balaban J connectivity index is -0.000000144. The quantitative estimate of drug-likeness (QED) is 0.433. The molecule has 0 fully saturated rings. The van der Waals surface area contributed by atoms with Crippen molar-refractivity contribution >= 4 is 12.6 Å². The summed E-state index contributed by atoms with van der Waals surface area (Å²) in [6.07, 6.45) is 1.58. The predicted molar refractivity (Wildman–Crippen MR) is 55.8 cm³/mol. The van der Waals surface area contributed by atoms with Crippen molar-refractivity contribution in [3.05, 3.63) is 35.9 Å². The Morgan fingerprint density at radius 2 is 1.25 bits per heavy atom. The summed E-state index contributed by atoms with van der Waals surface area (Å²) < 4.78 is 0. The first kappa shape index (κ1) is 18.9. The maximum Gasteiger partial charge on any atom is 1.00 e. The monoisotopic (exact) mass is 208 g/mol. The Labute approximate surface area is 125 Å². The molecule has 0 heterocycles. The Bertz CT molecular complexity index is 140. The third-order valence-electron chi connectivity index (χ3n) is 0.940. The molecular formula is C10H17KS. The minimum Gasteiger partial charge on any atom is -0.796 e. The standard InChI is InChI=1S/C7H8.C2H6.CH4S.K/c1-7-5-3-2-4-6-7;2*1-2;/h2-6H,1H3;1-2H3;2H,1H3;/q;;;+1/p-1. The molecule has 0 saturated carbocycles. The molecule has 1 aromatic rings. The molecule has 2 heteroatoms. The third kappa shape index (κ3) is 13.8. The van der Waals surface area contributed by atoms with Gasteiger partial charge in [-0.2, -0.15) is 6.26 Å². The maximum atomic E-state index is 4.08. The van der Waals surface area contributed by atoms with E-state index in [9.17, 15) is 0 Å². The van der Waals surface area contributed by atoms with Crippen LogP contribution in [0, 0.1) is 6.92 Å². The fraction of sp³-hybridized carbons (Fsp3) is 0.400. The van der Waals surface area contributed by atoms with E-state index in [2.05, 4.69) is 31.7 Å². The van der Waals surface area contributed by atoms with Gasteiger partial charge in [0, 0.05) is 0 Å². The fourth-order valence-corrected chi connectivity index (χ4v) is 0.534. The molecule has 64 valence electrons. The van der Waals surface area contributed by atoms with Gasteiger partial charge in [0.25, 0.3) is 0 Å². The third-order valence-corrected chi connectivity index (χ3v) is 0.940. The van der Waals surface area contributed by atoms with E-state index >= 15 is 0 Å². The molecule has 0 aliphatic rings. The Kier molecular flexibility index (Phi) is 28.5. The molecule has 0 aliphatic heterocycles. The number of hydrogen-bond donors (Lipinski definition) is 0. The summed E-state index contributed by atoms with van der Waals surface area (Å²) in [5, 5.41) is 0. The molecule has 0 unspecified atom stereocenters. The van der Waals surface area contributed by atoms with Gasteiger partial charge in [-0.05, 0) is 6.92 Å². The van der Waals surface area contributed by atoms with E-state index in [4.69, 9.17) is 0 Å². The van der Waals surface area contributed by atoms with E-state index in [1.54, 1.807) is 6.26 Å². The molecule has 0 aliphatic carbocycles. The summed E-state index contributed by atoms with van der Waals surface area (Å²) in [6, 6.07) is 10.3. The summed E-state index contributed by atoms with van der Waals surface area (Å²) in [5.41, 5.74) is 1.32. The SMILES string of the molecule is CC.C[S-].Cc1ccccc1.[K+]. The largest absolute Gasteiger partial charge is 1.00 e. The fourth-order valence-electron chi connectivity index (χ4n) is 0.534. The molecule has 1 aromatic carbocycles. The van der Waals surface area contributed by atoms with Crippen LogP contribution in [0.15, 0.2) is 30.3 Å². The van der Waals surface area contributed by atoms with Gasteiger partial charge in [0.05, 0.1) is 0 Å². The molecule has 12 heavy (non-hydrogen) atoms. The van der Waals surface area contributed by atoms with Gasteiger partial charge < -0.3 is 12.6 Å². The Morgan fingerprint density at radius 1 is 0.917 bits per heavy atom. The molecule has 0 aromatic heterocycles. The first-order chi connectivity index (χ1) is 5.39. The predicted octanol–water partition coefficient (Wildman–Crippen LogP) is 0.188. The number of rotatable bonds is 0. The van der Waals surface area contributed by atoms with Gasteiger partial charge >= 0.3 is 51.4 Å². The molecule has 0 N–H and O–H groups in total. The minimum absolute atomic E-state index is 0. The number of benzene rings is 1. The van der Waals surface area contributed by atoms with Gasteiger partial charge in [0.1, 0.15) is 0 Å². The molecule has 0 bridgehead atoms. The van der Waals surface area contributed by atoms with Gasteiger partial charge in [0.2, 0.25) is 0 Å². The van der Waals surface area contributed by atoms with Gasteiger partial charge in [-0.15, -0.1) is 0 Å². The summed E-state index contributed by atoms with van der Waals surface area (Å²) in [6.45, 7) is 6.08. The summed E-state index contributed by atoms with van der Waals surface area (Å²) >= 11 is 4.08. The molecule has 0 amide bonds. The van der Waals surface area contributed by atoms with Gasteiger partial charge in [-0.25, -0.2) is 0 Å². The van der Waals surface area contributed by atoms with Crippen LogP contribution in [0.5, 0.6) is 0 Å². The van der Waals surface area contributed by atoms with Gasteiger partial charge in [-0.3, -0.25) is 0 Å². The van der Waals surface area contributed by atoms with Crippen LogP contribution in [0.25, 0.3) is 0 Å². The zero-order chi connectivity index (χ0) is 9.11. The van der Waals surface area contributed by atoms with Crippen LogP contribution in [-0.2, 0) is 12.6 Å². The van der Waals surface area contributed by atoms with Crippen LogP contribution >= 0.6 is 0 Å². The van der Waals surface area contributed by atoms with Crippen LogP contribution in [0.4, 0.5) is 0 Å².